The van der Waals surface area contributed by atoms with E-state index < -0.39 is 10.0 Å². The van der Waals surface area contributed by atoms with E-state index in [-0.39, 0.29) is 12.5 Å². The van der Waals surface area contributed by atoms with Crippen molar-refractivity contribution in [3.05, 3.63) is 36.4 Å². The highest BCUT2D eigenvalue weighted by molar-refractivity contribution is 7.89. The van der Waals surface area contributed by atoms with E-state index >= 15 is 0 Å². The molecule has 1 aliphatic rings. The van der Waals surface area contributed by atoms with Crippen LogP contribution in [0, 0.1) is 0 Å². The summed E-state index contributed by atoms with van der Waals surface area (Å²) in [6.07, 6.45) is 0. The Hall–Kier alpha value is -2.16. The van der Waals surface area contributed by atoms with Crippen molar-refractivity contribution in [2.75, 3.05) is 58.3 Å². The zero-order valence-corrected chi connectivity index (χ0v) is 17.4. The summed E-state index contributed by atoms with van der Waals surface area (Å²) in [5.41, 5.74) is 0.980. The predicted octanol–water partition coefficient (Wildman–Crippen LogP) is 1.78. The molecule has 0 aliphatic carbocycles. The number of nitrogens with zero attached hydrogens (tertiary/aromatic N) is 3. The lowest BCUT2D eigenvalue weighted by atomic mass is 10.1. The van der Waals surface area contributed by atoms with Crippen molar-refractivity contribution < 1.29 is 17.9 Å². The monoisotopic (exact) mass is 405 g/mol. The van der Waals surface area contributed by atoms with Crippen molar-refractivity contribution in [1.29, 1.82) is 0 Å². The fraction of sp³-hybridized carbons (Fsp3) is 0.450. The van der Waals surface area contributed by atoms with E-state index in [1.54, 1.807) is 19.1 Å². The molecular weight excluding hydrogens is 378 g/mol. The van der Waals surface area contributed by atoms with Gasteiger partial charge in [-0.25, -0.2) is 8.42 Å². The smallest absolute Gasteiger partial charge is 0.320 e. The second kappa shape index (κ2) is 8.46. The third kappa shape index (κ3) is 4.14. The molecule has 0 unspecified atom stereocenters. The lowest BCUT2D eigenvalue weighted by molar-refractivity contribution is -0.144. The Labute approximate surface area is 166 Å². The molecule has 152 valence electrons. The topological polar surface area (TPSA) is 70.2 Å². The summed E-state index contributed by atoms with van der Waals surface area (Å²) in [7, 11) is 0.265. The minimum Gasteiger partial charge on any atom is -0.465 e. The van der Waals surface area contributed by atoms with Gasteiger partial charge in [0.05, 0.1) is 18.0 Å². The number of esters is 1. The minimum atomic E-state index is -3.62. The second-order valence-corrected chi connectivity index (χ2v) is 8.91. The predicted molar refractivity (Wildman–Crippen MR) is 110 cm³/mol. The Morgan fingerprint density at radius 3 is 2.32 bits per heavy atom. The van der Waals surface area contributed by atoms with Gasteiger partial charge in [-0.05, 0) is 19.1 Å². The molecule has 8 heteroatoms. The Morgan fingerprint density at radius 1 is 1.04 bits per heavy atom. The van der Waals surface area contributed by atoms with Crippen LogP contribution < -0.4 is 4.90 Å². The molecule has 0 N–H and O–H groups in total. The summed E-state index contributed by atoms with van der Waals surface area (Å²) >= 11 is 0. The maximum atomic E-state index is 13.3. The molecule has 0 radical (unpaired) electrons. The minimum absolute atomic E-state index is 0.197. The number of rotatable bonds is 6. The largest absolute Gasteiger partial charge is 0.465 e. The molecule has 7 nitrogen and oxygen atoms in total. The molecule has 0 spiro atoms. The lowest BCUT2D eigenvalue weighted by Gasteiger charge is -2.33. The van der Waals surface area contributed by atoms with Gasteiger partial charge in [0.2, 0.25) is 10.0 Å². The van der Waals surface area contributed by atoms with Crippen LogP contribution in [0.4, 0.5) is 5.69 Å². The van der Waals surface area contributed by atoms with Gasteiger partial charge in [-0.2, -0.15) is 4.31 Å². The summed E-state index contributed by atoms with van der Waals surface area (Å²) in [5.74, 6) is -0.274. The number of carbonyl (C=O) groups is 1. The highest BCUT2D eigenvalue weighted by Crippen LogP contribution is 2.31. The van der Waals surface area contributed by atoms with E-state index in [1.807, 2.05) is 48.2 Å². The van der Waals surface area contributed by atoms with Crippen LogP contribution in [0.3, 0.4) is 0 Å². The van der Waals surface area contributed by atoms with E-state index in [0.717, 1.165) is 16.5 Å². The number of carbonyl (C=O) groups excluding carboxylic acids is 1. The van der Waals surface area contributed by atoms with E-state index in [1.165, 1.54) is 4.31 Å². The van der Waals surface area contributed by atoms with Gasteiger partial charge in [0.1, 0.15) is 0 Å². The fourth-order valence-electron chi connectivity index (χ4n) is 3.54. The average molecular weight is 406 g/mol. The van der Waals surface area contributed by atoms with Crippen LogP contribution in [0.2, 0.25) is 0 Å². The summed E-state index contributed by atoms with van der Waals surface area (Å²) in [6.45, 7) is 4.04. The second-order valence-electron chi connectivity index (χ2n) is 7.01. The van der Waals surface area contributed by atoms with Crippen molar-refractivity contribution in [3.8, 4) is 0 Å². The molecule has 2 aromatic rings. The van der Waals surface area contributed by atoms with Crippen LogP contribution in [0.15, 0.2) is 41.3 Å². The molecular formula is C20H27N3O4S. The Balaban J connectivity index is 1.83. The maximum absolute atomic E-state index is 13.3. The lowest BCUT2D eigenvalue weighted by Crippen LogP contribution is -2.50. The Morgan fingerprint density at radius 2 is 1.68 bits per heavy atom. The normalized spacial score (nSPS) is 16.2. The third-order valence-electron chi connectivity index (χ3n) is 4.95. The maximum Gasteiger partial charge on any atom is 0.320 e. The molecule has 2 aromatic carbocycles. The summed E-state index contributed by atoms with van der Waals surface area (Å²) in [5, 5.41) is 1.64. The molecule has 0 aromatic heterocycles. The van der Waals surface area contributed by atoms with Gasteiger partial charge in [0.15, 0.2) is 0 Å². The van der Waals surface area contributed by atoms with Gasteiger partial charge < -0.3 is 9.64 Å². The molecule has 1 heterocycles. The molecule has 1 fully saturated rings. The highest BCUT2D eigenvalue weighted by Gasteiger charge is 2.30. The van der Waals surface area contributed by atoms with Crippen molar-refractivity contribution in [2.45, 2.75) is 11.8 Å². The van der Waals surface area contributed by atoms with Crippen LogP contribution in [0.25, 0.3) is 10.8 Å². The number of benzene rings is 2. The van der Waals surface area contributed by atoms with Crippen LogP contribution in [-0.2, 0) is 19.6 Å². The third-order valence-corrected chi connectivity index (χ3v) is 6.90. The fourth-order valence-corrected chi connectivity index (χ4v) is 5.16. The van der Waals surface area contributed by atoms with Crippen molar-refractivity contribution in [3.63, 3.8) is 0 Å². The number of hydrogen-bond acceptors (Lipinski definition) is 6. The first-order valence-corrected chi connectivity index (χ1v) is 10.9. The van der Waals surface area contributed by atoms with Gasteiger partial charge in [-0.1, -0.05) is 24.3 Å². The first-order chi connectivity index (χ1) is 13.3. The van der Waals surface area contributed by atoms with Crippen LogP contribution >= 0.6 is 0 Å². The number of piperazine rings is 1. The van der Waals surface area contributed by atoms with Crippen molar-refractivity contribution in [2.24, 2.45) is 0 Å². The molecule has 3 rings (SSSR count). The van der Waals surface area contributed by atoms with Crippen LogP contribution in [-0.4, -0.2) is 77.0 Å². The van der Waals surface area contributed by atoms with Gasteiger partial charge in [-0.15, -0.1) is 0 Å². The Bertz CT molecular complexity index is 951. The van der Waals surface area contributed by atoms with E-state index in [4.69, 9.17) is 4.74 Å². The standard InChI is InChI=1S/C20H27N3O4S/c1-4-27-20(24)15-22-11-13-23(14-12-22)28(25,26)19-10-6-7-16-17(19)8-5-9-18(16)21(2)3/h5-10H,4,11-15H2,1-3H3. The number of anilines is 1. The molecule has 0 amide bonds. The van der Waals surface area contributed by atoms with Crippen LogP contribution in [0.5, 0.6) is 0 Å². The zero-order chi connectivity index (χ0) is 20.3. The molecule has 0 bridgehead atoms. The van der Waals surface area contributed by atoms with Gasteiger partial charge >= 0.3 is 5.97 Å². The number of ether oxygens (including phenoxy) is 1. The van der Waals surface area contributed by atoms with E-state index in [0.29, 0.717) is 37.7 Å². The summed E-state index contributed by atoms with van der Waals surface area (Å²) in [6, 6.07) is 11.1. The van der Waals surface area contributed by atoms with Gasteiger partial charge in [0, 0.05) is 56.7 Å². The zero-order valence-electron chi connectivity index (χ0n) is 16.6. The average Bonchev–Trinajstić information content (AvgIpc) is 2.67. The number of sulfonamides is 1. The molecule has 0 atom stereocenters. The molecule has 1 saturated heterocycles. The van der Waals surface area contributed by atoms with E-state index in [9.17, 15) is 13.2 Å². The first kappa shape index (κ1) is 20.6. The SMILES string of the molecule is CCOC(=O)CN1CCN(S(=O)(=O)c2cccc3c(N(C)C)cccc23)CC1. The first-order valence-electron chi connectivity index (χ1n) is 9.41. The Kier molecular flexibility index (Phi) is 6.22. The van der Waals surface area contributed by atoms with E-state index in [2.05, 4.69) is 0 Å². The van der Waals surface area contributed by atoms with Crippen LogP contribution in [0.1, 0.15) is 6.92 Å². The molecule has 28 heavy (non-hydrogen) atoms. The molecule has 1 aliphatic heterocycles. The number of hydrogen-bond donors (Lipinski definition) is 0. The summed E-state index contributed by atoms with van der Waals surface area (Å²) < 4.78 is 33.1. The summed E-state index contributed by atoms with van der Waals surface area (Å²) in [4.78, 5) is 15.9. The highest BCUT2D eigenvalue weighted by atomic mass is 32.2. The quantitative estimate of drug-likeness (QED) is 0.683. The van der Waals surface area contributed by atoms with Crippen molar-refractivity contribution >= 4 is 32.5 Å². The number of fused-ring (bicyclic) bond motifs is 1. The van der Waals surface area contributed by atoms with Gasteiger partial charge in [0.25, 0.3) is 0 Å². The van der Waals surface area contributed by atoms with Gasteiger partial charge in [-0.3, -0.25) is 9.69 Å². The van der Waals surface area contributed by atoms with Crippen molar-refractivity contribution in [1.82, 2.24) is 9.21 Å². The molecule has 0 saturated carbocycles.